The number of thiophene rings is 1. The van der Waals surface area contributed by atoms with Crippen molar-refractivity contribution >= 4 is 29.7 Å². The van der Waals surface area contributed by atoms with Gasteiger partial charge in [0.2, 0.25) is 0 Å². The molecule has 2 aromatic rings. The van der Waals surface area contributed by atoms with Gasteiger partial charge in [-0.05, 0) is 30.8 Å². The van der Waals surface area contributed by atoms with Gasteiger partial charge in [0.25, 0.3) is 0 Å². The number of carbonyl (C=O) groups is 1. The Hall–Kier alpha value is -1.37. The quantitative estimate of drug-likeness (QED) is 0.940. The summed E-state index contributed by atoms with van der Waals surface area (Å²) in [7, 11) is 0. The third-order valence-electron chi connectivity index (χ3n) is 3.34. The standard InChI is InChI=1S/C13H14N2O3S.ClH/c16-13(17)10-3-1-5-15(10)8-9-7-11(18-14-9)12-4-2-6-19-12;/h2,4,6-7,10H,1,3,5,8H2,(H,16,17);1H. The van der Waals surface area contributed by atoms with Crippen LogP contribution in [-0.4, -0.2) is 33.7 Å². The molecular weight excluding hydrogens is 300 g/mol. The van der Waals surface area contributed by atoms with Gasteiger partial charge in [-0.3, -0.25) is 9.69 Å². The van der Waals surface area contributed by atoms with Gasteiger partial charge in [0.1, 0.15) is 6.04 Å². The summed E-state index contributed by atoms with van der Waals surface area (Å²) in [5.41, 5.74) is 0.788. The summed E-state index contributed by atoms with van der Waals surface area (Å²) in [5.74, 6) is -0.00412. The zero-order valence-corrected chi connectivity index (χ0v) is 12.3. The Morgan fingerprint density at radius 2 is 2.45 bits per heavy atom. The van der Waals surface area contributed by atoms with Crippen LogP contribution in [0.1, 0.15) is 18.5 Å². The third kappa shape index (κ3) is 3.03. The summed E-state index contributed by atoms with van der Waals surface area (Å²) in [6.07, 6.45) is 1.64. The summed E-state index contributed by atoms with van der Waals surface area (Å²) >= 11 is 1.60. The van der Waals surface area contributed by atoms with Crippen LogP contribution in [0.4, 0.5) is 0 Å². The number of hydrogen-bond acceptors (Lipinski definition) is 5. The number of carboxylic acids is 1. The predicted molar refractivity (Wildman–Crippen MR) is 78.1 cm³/mol. The summed E-state index contributed by atoms with van der Waals surface area (Å²) < 4.78 is 5.30. The van der Waals surface area contributed by atoms with Crippen LogP contribution in [0.25, 0.3) is 10.6 Å². The van der Waals surface area contributed by atoms with Crippen LogP contribution >= 0.6 is 23.7 Å². The number of likely N-dealkylation sites (tertiary alicyclic amines) is 1. The molecular formula is C13H15ClN2O3S. The first-order valence-electron chi connectivity index (χ1n) is 6.20. The Bertz CT molecular complexity index is 570. The van der Waals surface area contributed by atoms with Crippen molar-refractivity contribution in [1.29, 1.82) is 0 Å². The van der Waals surface area contributed by atoms with E-state index in [1.807, 2.05) is 28.5 Å². The lowest BCUT2D eigenvalue weighted by atomic mass is 10.2. The Morgan fingerprint density at radius 1 is 1.60 bits per heavy atom. The number of aromatic nitrogens is 1. The zero-order valence-electron chi connectivity index (χ0n) is 10.7. The summed E-state index contributed by atoms with van der Waals surface area (Å²) in [6.45, 7) is 1.34. The SMILES string of the molecule is Cl.O=C(O)C1CCCN1Cc1cc(-c2cccs2)on1. The molecule has 5 nitrogen and oxygen atoms in total. The zero-order chi connectivity index (χ0) is 13.2. The van der Waals surface area contributed by atoms with Crippen molar-refractivity contribution in [2.45, 2.75) is 25.4 Å². The van der Waals surface area contributed by atoms with Crippen LogP contribution < -0.4 is 0 Å². The molecule has 0 aliphatic carbocycles. The van der Waals surface area contributed by atoms with Gasteiger partial charge in [-0.15, -0.1) is 23.7 Å². The molecule has 2 aromatic heterocycles. The molecule has 0 saturated carbocycles. The van der Waals surface area contributed by atoms with Crippen molar-refractivity contribution in [1.82, 2.24) is 10.1 Å². The van der Waals surface area contributed by atoms with Crippen LogP contribution in [-0.2, 0) is 11.3 Å². The van der Waals surface area contributed by atoms with Crippen molar-refractivity contribution in [2.75, 3.05) is 6.54 Å². The Labute approximate surface area is 126 Å². The Kier molecular flexibility index (Phi) is 4.80. The minimum absolute atomic E-state index is 0. The number of hydrogen-bond donors (Lipinski definition) is 1. The van der Waals surface area contributed by atoms with Crippen LogP contribution in [0.2, 0.25) is 0 Å². The predicted octanol–water partition coefficient (Wildman–Crippen LogP) is 2.87. The van der Waals surface area contributed by atoms with E-state index in [0.29, 0.717) is 13.0 Å². The summed E-state index contributed by atoms with van der Waals surface area (Å²) in [4.78, 5) is 14.1. The number of nitrogens with zero attached hydrogens (tertiary/aromatic N) is 2. The molecule has 1 saturated heterocycles. The van der Waals surface area contributed by atoms with Gasteiger partial charge in [-0.1, -0.05) is 11.2 Å². The molecule has 1 atom stereocenters. The first-order valence-corrected chi connectivity index (χ1v) is 7.08. The van der Waals surface area contributed by atoms with E-state index in [0.717, 1.165) is 29.3 Å². The van der Waals surface area contributed by atoms with Crippen molar-refractivity contribution in [3.05, 3.63) is 29.3 Å². The third-order valence-corrected chi connectivity index (χ3v) is 4.22. The second kappa shape index (κ2) is 6.39. The van der Waals surface area contributed by atoms with Gasteiger partial charge in [0.15, 0.2) is 5.76 Å². The van der Waals surface area contributed by atoms with Crippen molar-refractivity contribution in [2.24, 2.45) is 0 Å². The van der Waals surface area contributed by atoms with E-state index in [-0.39, 0.29) is 18.4 Å². The van der Waals surface area contributed by atoms with Crippen LogP contribution in [0, 0.1) is 0 Å². The maximum atomic E-state index is 11.1. The highest BCUT2D eigenvalue weighted by atomic mass is 35.5. The normalized spacial score (nSPS) is 18.9. The second-order valence-corrected chi connectivity index (χ2v) is 5.57. The van der Waals surface area contributed by atoms with E-state index in [4.69, 9.17) is 9.63 Å². The molecule has 0 amide bonds. The average molecular weight is 315 g/mol. The van der Waals surface area contributed by atoms with Gasteiger partial charge >= 0.3 is 5.97 Å². The molecule has 3 rings (SSSR count). The molecule has 0 aromatic carbocycles. The Balaban J connectivity index is 0.00000147. The molecule has 0 radical (unpaired) electrons. The minimum atomic E-state index is -0.750. The van der Waals surface area contributed by atoms with Gasteiger partial charge in [-0.2, -0.15) is 0 Å². The van der Waals surface area contributed by atoms with Gasteiger partial charge in [0.05, 0.1) is 10.6 Å². The fourth-order valence-corrected chi connectivity index (χ4v) is 3.10. The molecule has 20 heavy (non-hydrogen) atoms. The Morgan fingerprint density at radius 3 is 3.15 bits per heavy atom. The molecule has 0 spiro atoms. The lowest BCUT2D eigenvalue weighted by Crippen LogP contribution is -2.35. The number of rotatable bonds is 4. The first kappa shape index (κ1) is 15.0. The van der Waals surface area contributed by atoms with Gasteiger partial charge in [0, 0.05) is 12.6 Å². The first-order chi connectivity index (χ1) is 9.24. The van der Waals surface area contributed by atoms with E-state index in [9.17, 15) is 4.79 Å². The van der Waals surface area contributed by atoms with Crippen LogP contribution in [0.3, 0.4) is 0 Å². The van der Waals surface area contributed by atoms with Crippen molar-refractivity contribution < 1.29 is 14.4 Å². The monoisotopic (exact) mass is 314 g/mol. The maximum Gasteiger partial charge on any atom is 0.320 e. The lowest BCUT2D eigenvalue weighted by molar-refractivity contribution is -0.142. The highest BCUT2D eigenvalue weighted by Crippen LogP contribution is 2.26. The molecule has 1 N–H and O–H groups in total. The van der Waals surface area contributed by atoms with Gasteiger partial charge < -0.3 is 9.63 Å². The van der Waals surface area contributed by atoms with E-state index < -0.39 is 5.97 Å². The lowest BCUT2D eigenvalue weighted by Gasteiger charge is -2.19. The molecule has 1 fully saturated rings. The molecule has 1 aliphatic rings. The van der Waals surface area contributed by atoms with Crippen molar-refractivity contribution in [3.63, 3.8) is 0 Å². The van der Waals surface area contributed by atoms with Crippen LogP contribution in [0.15, 0.2) is 28.1 Å². The fraction of sp³-hybridized carbons (Fsp3) is 0.385. The number of aliphatic carboxylic acids is 1. The molecule has 7 heteroatoms. The molecule has 108 valence electrons. The highest BCUT2D eigenvalue weighted by molar-refractivity contribution is 7.13. The molecule has 3 heterocycles. The molecule has 1 unspecified atom stereocenters. The van der Waals surface area contributed by atoms with Crippen LogP contribution in [0.5, 0.6) is 0 Å². The summed E-state index contributed by atoms with van der Waals surface area (Å²) in [5, 5.41) is 15.1. The largest absolute Gasteiger partial charge is 0.480 e. The van der Waals surface area contributed by atoms with Crippen molar-refractivity contribution in [3.8, 4) is 10.6 Å². The average Bonchev–Trinajstić information content (AvgIpc) is 3.09. The number of carboxylic acid groups (broad SMARTS) is 1. The maximum absolute atomic E-state index is 11.1. The van der Waals surface area contributed by atoms with E-state index >= 15 is 0 Å². The van der Waals surface area contributed by atoms with E-state index in [1.165, 1.54) is 0 Å². The van der Waals surface area contributed by atoms with E-state index in [2.05, 4.69) is 5.16 Å². The smallest absolute Gasteiger partial charge is 0.320 e. The molecule has 1 aliphatic heterocycles. The molecule has 0 bridgehead atoms. The summed E-state index contributed by atoms with van der Waals surface area (Å²) in [6, 6.07) is 5.44. The second-order valence-electron chi connectivity index (χ2n) is 4.63. The topological polar surface area (TPSA) is 66.6 Å². The fourth-order valence-electron chi connectivity index (χ4n) is 2.42. The van der Waals surface area contributed by atoms with E-state index in [1.54, 1.807) is 11.3 Å². The highest BCUT2D eigenvalue weighted by Gasteiger charge is 2.30. The van der Waals surface area contributed by atoms with Gasteiger partial charge in [-0.25, -0.2) is 0 Å². The number of halogens is 1. The minimum Gasteiger partial charge on any atom is -0.480 e.